The number of nitrogens with one attached hydrogen (secondary N) is 1. The number of carbonyl (C=O) groups excluding carboxylic acids is 2. The van der Waals surface area contributed by atoms with E-state index in [2.05, 4.69) is 10.3 Å². The summed E-state index contributed by atoms with van der Waals surface area (Å²) in [7, 11) is 0. The number of aliphatic imine (C=N–C) groups is 1. The molecule has 0 spiro atoms. The number of benzene rings is 4. The second-order valence-corrected chi connectivity index (χ2v) is 7.95. The number of ether oxygens (including phenoxy) is 1. The van der Waals surface area contributed by atoms with Gasteiger partial charge in [-0.25, -0.2) is 4.79 Å². The summed E-state index contributed by atoms with van der Waals surface area (Å²) in [6.07, 6.45) is 1.73. The first-order chi connectivity index (χ1) is 16.5. The lowest BCUT2D eigenvalue weighted by atomic mass is 10.1. The highest BCUT2D eigenvalue weighted by atomic mass is 16.5. The molecular weight excluding hydrogens is 424 g/mol. The number of amides is 1. The molecule has 0 saturated heterocycles. The minimum atomic E-state index is -0.393. The number of esters is 1. The number of anilines is 1. The van der Waals surface area contributed by atoms with Crippen LogP contribution in [0.5, 0.6) is 5.75 Å². The van der Waals surface area contributed by atoms with Crippen molar-refractivity contribution in [1.82, 2.24) is 0 Å². The third-order valence-corrected chi connectivity index (χ3v) is 5.18. The normalized spacial score (nSPS) is 10.8. The molecule has 5 nitrogen and oxygen atoms in total. The van der Waals surface area contributed by atoms with Crippen LogP contribution in [-0.2, 0) is 0 Å². The summed E-state index contributed by atoms with van der Waals surface area (Å²) >= 11 is 0. The molecule has 0 heterocycles. The Bertz CT molecular complexity index is 1200. The van der Waals surface area contributed by atoms with Crippen molar-refractivity contribution >= 4 is 29.5 Å². The molecule has 4 aromatic carbocycles. The van der Waals surface area contributed by atoms with Crippen molar-refractivity contribution in [3.63, 3.8) is 0 Å². The molecule has 0 aromatic heterocycles. The topological polar surface area (TPSA) is 67.8 Å². The fraction of sp³-hybridized carbons (Fsp3) is 0.0690. The van der Waals surface area contributed by atoms with Gasteiger partial charge < -0.3 is 10.1 Å². The average Bonchev–Trinajstić information content (AvgIpc) is 2.85. The molecule has 4 aromatic rings. The summed E-state index contributed by atoms with van der Waals surface area (Å²) in [5.41, 5.74) is 5.63. The molecule has 0 saturated carbocycles. The van der Waals surface area contributed by atoms with Crippen molar-refractivity contribution in [2.75, 3.05) is 5.32 Å². The predicted molar refractivity (Wildman–Crippen MR) is 135 cm³/mol. The van der Waals surface area contributed by atoms with Crippen LogP contribution in [0.3, 0.4) is 0 Å². The van der Waals surface area contributed by atoms with E-state index in [1.54, 1.807) is 42.6 Å². The van der Waals surface area contributed by atoms with Gasteiger partial charge in [0.25, 0.3) is 5.91 Å². The number of rotatable bonds is 6. The molecule has 168 valence electrons. The van der Waals surface area contributed by atoms with Crippen LogP contribution in [0, 0.1) is 13.8 Å². The zero-order valence-electron chi connectivity index (χ0n) is 19.0. The average molecular weight is 449 g/mol. The highest BCUT2D eigenvalue weighted by molar-refractivity contribution is 6.04. The van der Waals surface area contributed by atoms with Gasteiger partial charge >= 0.3 is 5.97 Å². The Morgan fingerprint density at radius 1 is 0.706 bits per heavy atom. The first-order valence-corrected chi connectivity index (χ1v) is 10.9. The lowest BCUT2D eigenvalue weighted by Crippen LogP contribution is -2.11. The number of hydrogen-bond acceptors (Lipinski definition) is 4. The van der Waals surface area contributed by atoms with Crippen molar-refractivity contribution in [2.45, 2.75) is 13.8 Å². The van der Waals surface area contributed by atoms with Gasteiger partial charge in [0.2, 0.25) is 0 Å². The van der Waals surface area contributed by atoms with Crippen molar-refractivity contribution in [1.29, 1.82) is 0 Å². The van der Waals surface area contributed by atoms with Crippen molar-refractivity contribution < 1.29 is 14.3 Å². The zero-order chi connectivity index (χ0) is 23.9. The maximum absolute atomic E-state index is 12.3. The van der Waals surface area contributed by atoms with E-state index in [0.717, 1.165) is 22.4 Å². The van der Waals surface area contributed by atoms with E-state index in [0.29, 0.717) is 22.6 Å². The van der Waals surface area contributed by atoms with Gasteiger partial charge in [-0.1, -0.05) is 35.4 Å². The van der Waals surface area contributed by atoms with Crippen LogP contribution in [0.4, 0.5) is 11.4 Å². The van der Waals surface area contributed by atoms with E-state index in [1.165, 1.54) is 0 Å². The number of carbonyl (C=O) groups is 2. The van der Waals surface area contributed by atoms with Gasteiger partial charge in [-0.05, 0) is 92.2 Å². The van der Waals surface area contributed by atoms with E-state index in [1.807, 2.05) is 74.5 Å². The van der Waals surface area contributed by atoms with Crippen LogP contribution in [0.2, 0.25) is 0 Å². The first-order valence-electron chi connectivity index (χ1n) is 10.9. The quantitative estimate of drug-likeness (QED) is 0.207. The predicted octanol–water partition coefficient (Wildman–Crippen LogP) is 6.53. The SMILES string of the molecule is Cc1ccc(C(=O)Nc2ccc(/N=C/c3ccc(OC(=O)c4ccc(C)cc4)cc3)cc2)cc1. The number of nitrogens with zero attached hydrogens (tertiary/aromatic N) is 1. The Balaban J connectivity index is 1.33. The molecule has 0 fully saturated rings. The Morgan fingerprint density at radius 3 is 1.85 bits per heavy atom. The van der Waals surface area contributed by atoms with E-state index in [-0.39, 0.29) is 5.91 Å². The smallest absolute Gasteiger partial charge is 0.343 e. The van der Waals surface area contributed by atoms with Gasteiger partial charge in [0.05, 0.1) is 11.3 Å². The van der Waals surface area contributed by atoms with E-state index < -0.39 is 5.97 Å². The maximum Gasteiger partial charge on any atom is 0.343 e. The summed E-state index contributed by atoms with van der Waals surface area (Å²) in [6.45, 7) is 3.95. The molecule has 34 heavy (non-hydrogen) atoms. The van der Waals surface area contributed by atoms with Crippen LogP contribution < -0.4 is 10.1 Å². The molecular formula is C29H24N2O3. The fourth-order valence-corrected chi connectivity index (χ4v) is 3.17. The van der Waals surface area contributed by atoms with Crippen molar-refractivity contribution in [2.24, 2.45) is 4.99 Å². The lowest BCUT2D eigenvalue weighted by molar-refractivity contribution is 0.0734. The summed E-state index contributed by atoms with van der Waals surface area (Å²) in [5, 5.41) is 2.88. The number of aryl methyl sites for hydroxylation is 2. The van der Waals surface area contributed by atoms with Crippen LogP contribution in [0.15, 0.2) is 102 Å². The first kappa shape index (κ1) is 22.7. The molecule has 1 N–H and O–H groups in total. The molecule has 0 atom stereocenters. The largest absolute Gasteiger partial charge is 0.423 e. The molecule has 0 unspecified atom stereocenters. The van der Waals surface area contributed by atoms with E-state index in [9.17, 15) is 9.59 Å². The van der Waals surface area contributed by atoms with Crippen molar-refractivity contribution in [3.8, 4) is 5.75 Å². The zero-order valence-corrected chi connectivity index (χ0v) is 19.0. The fourth-order valence-electron chi connectivity index (χ4n) is 3.17. The Morgan fingerprint density at radius 2 is 1.26 bits per heavy atom. The van der Waals surface area contributed by atoms with Gasteiger partial charge in [-0.2, -0.15) is 0 Å². The lowest BCUT2D eigenvalue weighted by Gasteiger charge is -2.06. The molecule has 0 bridgehead atoms. The maximum atomic E-state index is 12.3. The van der Waals surface area contributed by atoms with Gasteiger partial charge in [-0.15, -0.1) is 0 Å². The minimum Gasteiger partial charge on any atom is -0.423 e. The Hall–Kier alpha value is -4.51. The second kappa shape index (κ2) is 10.4. The Labute approximate surface area is 198 Å². The Kier molecular flexibility index (Phi) is 6.94. The third kappa shape index (κ3) is 6.04. The molecule has 0 aliphatic rings. The monoisotopic (exact) mass is 448 g/mol. The molecule has 4 rings (SSSR count). The van der Waals surface area contributed by atoms with E-state index in [4.69, 9.17) is 4.74 Å². The third-order valence-electron chi connectivity index (χ3n) is 5.18. The number of hydrogen-bond donors (Lipinski definition) is 1. The summed E-state index contributed by atoms with van der Waals surface area (Å²) in [5.74, 6) is -0.0770. The summed E-state index contributed by atoms with van der Waals surface area (Å²) < 4.78 is 5.42. The molecule has 5 heteroatoms. The van der Waals surface area contributed by atoms with Gasteiger partial charge in [0.1, 0.15) is 5.75 Å². The van der Waals surface area contributed by atoms with Crippen LogP contribution in [0.25, 0.3) is 0 Å². The van der Waals surface area contributed by atoms with Crippen LogP contribution in [-0.4, -0.2) is 18.1 Å². The second-order valence-electron chi connectivity index (χ2n) is 7.95. The highest BCUT2D eigenvalue weighted by Crippen LogP contribution is 2.18. The van der Waals surface area contributed by atoms with Gasteiger partial charge in [0, 0.05) is 17.5 Å². The van der Waals surface area contributed by atoms with Gasteiger partial charge in [-0.3, -0.25) is 9.79 Å². The molecule has 1 amide bonds. The minimum absolute atomic E-state index is 0.153. The summed E-state index contributed by atoms with van der Waals surface area (Å²) in [6, 6.07) is 29.1. The molecule has 0 aliphatic heterocycles. The molecule has 0 aliphatic carbocycles. The van der Waals surface area contributed by atoms with Crippen molar-refractivity contribution in [3.05, 3.63) is 125 Å². The standard InChI is InChI=1S/C29H24N2O3/c1-20-3-9-23(10-4-20)28(32)31-26-15-13-25(14-16-26)30-19-22-7-17-27(18-8-22)34-29(33)24-11-5-21(2)6-12-24/h3-19H,1-2H3,(H,31,32)/b30-19+. The van der Waals surface area contributed by atoms with E-state index >= 15 is 0 Å². The summed E-state index contributed by atoms with van der Waals surface area (Å²) in [4.78, 5) is 29.0. The highest BCUT2D eigenvalue weighted by Gasteiger charge is 2.08. The van der Waals surface area contributed by atoms with Crippen LogP contribution >= 0.6 is 0 Å². The van der Waals surface area contributed by atoms with Gasteiger partial charge in [0.15, 0.2) is 0 Å². The van der Waals surface area contributed by atoms with Crippen LogP contribution in [0.1, 0.15) is 37.4 Å². The molecule has 0 radical (unpaired) electrons.